The van der Waals surface area contributed by atoms with E-state index < -0.39 is 11.6 Å². The van der Waals surface area contributed by atoms with Gasteiger partial charge in [0.05, 0.1) is 5.69 Å². The minimum Gasteiger partial charge on any atom is -0.482 e. The van der Waals surface area contributed by atoms with E-state index in [0.717, 1.165) is 18.2 Å². The quantitative estimate of drug-likeness (QED) is 0.782. The summed E-state index contributed by atoms with van der Waals surface area (Å²) >= 11 is 0. The fourth-order valence-electron chi connectivity index (χ4n) is 1.56. The van der Waals surface area contributed by atoms with Crippen LogP contribution < -0.4 is 4.74 Å². The summed E-state index contributed by atoms with van der Waals surface area (Å²) in [5, 5.41) is 0. The van der Waals surface area contributed by atoms with Gasteiger partial charge >= 0.3 is 0 Å². The van der Waals surface area contributed by atoms with Crippen molar-refractivity contribution in [1.82, 2.24) is 4.57 Å². The zero-order valence-electron chi connectivity index (χ0n) is 9.69. The molecule has 3 nitrogen and oxygen atoms in total. The maximum absolute atomic E-state index is 13.2. The Morgan fingerprint density at radius 2 is 2.11 bits per heavy atom. The third-order valence-electron chi connectivity index (χ3n) is 2.48. The molecule has 1 heterocycles. The molecule has 1 aromatic heterocycles. The molecule has 0 aliphatic heterocycles. The van der Waals surface area contributed by atoms with Gasteiger partial charge in [-0.1, -0.05) is 0 Å². The average molecular weight is 251 g/mol. The molecule has 2 rings (SSSR count). The standard InChI is InChI=1S/C13H11F2NO2/c1-16-6-2-3-11(16)12(17)8-18-13-7-9(14)4-5-10(13)15/h2-7H,8H2,1H3. The predicted molar refractivity (Wildman–Crippen MR) is 61.6 cm³/mol. The second kappa shape index (κ2) is 5.00. The van der Waals surface area contributed by atoms with Crippen LogP contribution in [0.3, 0.4) is 0 Å². The number of hydrogen-bond donors (Lipinski definition) is 0. The van der Waals surface area contributed by atoms with Gasteiger partial charge in [-0.3, -0.25) is 4.79 Å². The molecule has 0 atom stereocenters. The molecule has 2 aromatic rings. The van der Waals surface area contributed by atoms with E-state index in [1.54, 1.807) is 29.9 Å². The molecule has 0 N–H and O–H groups in total. The highest BCUT2D eigenvalue weighted by Gasteiger charge is 2.12. The monoisotopic (exact) mass is 251 g/mol. The van der Waals surface area contributed by atoms with Crippen LogP contribution in [-0.2, 0) is 7.05 Å². The Morgan fingerprint density at radius 3 is 2.78 bits per heavy atom. The first kappa shape index (κ1) is 12.3. The van der Waals surface area contributed by atoms with Crippen molar-refractivity contribution in [3.05, 3.63) is 53.9 Å². The van der Waals surface area contributed by atoms with Gasteiger partial charge in [0.25, 0.3) is 0 Å². The number of ketones is 1. The molecule has 94 valence electrons. The lowest BCUT2D eigenvalue weighted by Crippen LogP contribution is -2.15. The highest BCUT2D eigenvalue weighted by molar-refractivity contribution is 5.95. The first-order valence-corrected chi connectivity index (χ1v) is 5.30. The molecule has 0 unspecified atom stereocenters. The Kier molecular flexibility index (Phi) is 3.41. The fourth-order valence-corrected chi connectivity index (χ4v) is 1.56. The Labute approximate surface area is 103 Å². The van der Waals surface area contributed by atoms with Gasteiger partial charge in [0.2, 0.25) is 5.78 Å². The van der Waals surface area contributed by atoms with Crippen molar-refractivity contribution in [3.8, 4) is 5.75 Å². The number of benzene rings is 1. The Morgan fingerprint density at radius 1 is 1.33 bits per heavy atom. The number of aromatic nitrogens is 1. The second-order valence-corrected chi connectivity index (χ2v) is 3.79. The van der Waals surface area contributed by atoms with Crippen LogP contribution in [0.5, 0.6) is 5.75 Å². The lowest BCUT2D eigenvalue weighted by molar-refractivity contribution is 0.0910. The molecule has 1 aromatic carbocycles. The third-order valence-corrected chi connectivity index (χ3v) is 2.48. The number of nitrogens with zero attached hydrogens (tertiary/aromatic N) is 1. The molecule has 0 aliphatic carbocycles. The maximum Gasteiger partial charge on any atom is 0.216 e. The highest BCUT2D eigenvalue weighted by Crippen LogP contribution is 2.18. The van der Waals surface area contributed by atoms with E-state index in [-0.39, 0.29) is 18.1 Å². The van der Waals surface area contributed by atoms with Crippen molar-refractivity contribution >= 4 is 5.78 Å². The van der Waals surface area contributed by atoms with E-state index in [1.807, 2.05) is 0 Å². The first-order valence-electron chi connectivity index (χ1n) is 5.30. The minimum atomic E-state index is -0.698. The molecule has 0 saturated heterocycles. The van der Waals surface area contributed by atoms with E-state index in [2.05, 4.69) is 0 Å². The molecule has 5 heteroatoms. The molecular weight excluding hydrogens is 240 g/mol. The first-order chi connectivity index (χ1) is 8.58. The highest BCUT2D eigenvalue weighted by atomic mass is 19.1. The molecule has 0 fully saturated rings. The SMILES string of the molecule is Cn1cccc1C(=O)COc1cc(F)ccc1F. The molecule has 0 radical (unpaired) electrons. The number of rotatable bonds is 4. The molecule has 0 amide bonds. The van der Waals surface area contributed by atoms with Crippen LogP contribution in [0.15, 0.2) is 36.5 Å². The van der Waals surface area contributed by atoms with Crippen molar-refractivity contribution in [3.63, 3.8) is 0 Å². The molecular formula is C13H11F2NO2. The molecule has 0 spiro atoms. The van der Waals surface area contributed by atoms with Gasteiger partial charge < -0.3 is 9.30 Å². The summed E-state index contributed by atoms with van der Waals surface area (Å²) in [6.07, 6.45) is 1.72. The van der Waals surface area contributed by atoms with Gasteiger partial charge in [-0.05, 0) is 24.3 Å². The summed E-state index contributed by atoms with van der Waals surface area (Å²) in [4.78, 5) is 11.7. The van der Waals surface area contributed by atoms with Crippen LogP contribution in [0.25, 0.3) is 0 Å². The number of carbonyl (C=O) groups is 1. The number of halogens is 2. The summed E-state index contributed by atoms with van der Waals surface area (Å²) in [6, 6.07) is 6.20. The van der Waals surface area contributed by atoms with Gasteiger partial charge in [-0.25, -0.2) is 8.78 Å². The van der Waals surface area contributed by atoms with Gasteiger partial charge in [0.15, 0.2) is 18.2 Å². The minimum absolute atomic E-state index is 0.266. The van der Waals surface area contributed by atoms with E-state index in [1.165, 1.54) is 0 Å². The number of aryl methyl sites for hydroxylation is 1. The second-order valence-electron chi connectivity index (χ2n) is 3.79. The van der Waals surface area contributed by atoms with Gasteiger partial charge in [-0.2, -0.15) is 0 Å². The smallest absolute Gasteiger partial charge is 0.216 e. The zero-order chi connectivity index (χ0) is 13.1. The van der Waals surface area contributed by atoms with Crippen LogP contribution in [0.1, 0.15) is 10.5 Å². The lowest BCUT2D eigenvalue weighted by Gasteiger charge is -2.07. The van der Waals surface area contributed by atoms with Crippen molar-refractivity contribution in [2.24, 2.45) is 7.05 Å². The van der Waals surface area contributed by atoms with Gasteiger partial charge in [0, 0.05) is 19.3 Å². The van der Waals surface area contributed by atoms with Crippen molar-refractivity contribution in [1.29, 1.82) is 0 Å². The average Bonchev–Trinajstić information content (AvgIpc) is 2.76. The lowest BCUT2D eigenvalue weighted by atomic mass is 10.3. The maximum atomic E-state index is 13.2. The third kappa shape index (κ3) is 2.56. The van der Waals surface area contributed by atoms with E-state index in [0.29, 0.717) is 5.69 Å². The van der Waals surface area contributed by atoms with Gasteiger partial charge in [0.1, 0.15) is 5.82 Å². The topological polar surface area (TPSA) is 31.2 Å². The molecule has 0 aliphatic rings. The number of hydrogen-bond acceptors (Lipinski definition) is 2. The summed E-state index contributed by atoms with van der Waals surface area (Å²) < 4.78 is 32.7. The zero-order valence-corrected chi connectivity index (χ0v) is 9.69. The summed E-state index contributed by atoms with van der Waals surface area (Å²) in [7, 11) is 1.72. The largest absolute Gasteiger partial charge is 0.482 e. The normalized spacial score (nSPS) is 10.4. The Bertz CT molecular complexity index is 578. The van der Waals surface area contributed by atoms with Crippen molar-refractivity contribution in [2.45, 2.75) is 0 Å². The van der Waals surface area contributed by atoms with E-state index >= 15 is 0 Å². The van der Waals surface area contributed by atoms with Crippen LogP contribution in [0, 0.1) is 11.6 Å². The van der Waals surface area contributed by atoms with E-state index in [9.17, 15) is 13.6 Å². The number of carbonyl (C=O) groups excluding carboxylic acids is 1. The predicted octanol–water partition coefficient (Wildman–Crippen LogP) is 2.57. The fraction of sp³-hybridized carbons (Fsp3) is 0.154. The van der Waals surface area contributed by atoms with Crippen molar-refractivity contribution in [2.75, 3.05) is 6.61 Å². The molecule has 0 saturated carbocycles. The Balaban J connectivity index is 2.06. The Hall–Kier alpha value is -2.17. The summed E-state index contributed by atoms with van der Waals surface area (Å²) in [6.45, 7) is -0.335. The van der Waals surface area contributed by atoms with E-state index in [4.69, 9.17) is 4.74 Å². The van der Waals surface area contributed by atoms with Crippen LogP contribution in [0.2, 0.25) is 0 Å². The summed E-state index contributed by atoms with van der Waals surface area (Å²) in [5.74, 6) is -1.88. The number of ether oxygens (including phenoxy) is 1. The molecule has 18 heavy (non-hydrogen) atoms. The number of Topliss-reactive ketones (excluding diaryl/α,β-unsaturated/α-hetero) is 1. The van der Waals surface area contributed by atoms with Crippen molar-refractivity contribution < 1.29 is 18.3 Å². The van der Waals surface area contributed by atoms with Crippen LogP contribution in [-0.4, -0.2) is 17.0 Å². The van der Waals surface area contributed by atoms with Gasteiger partial charge in [-0.15, -0.1) is 0 Å². The van der Waals surface area contributed by atoms with Crippen LogP contribution >= 0.6 is 0 Å². The summed E-state index contributed by atoms with van der Waals surface area (Å²) in [5.41, 5.74) is 0.451. The molecule has 0 bridgehead atoms. The van der Waals surface area contributed by atoms with Crippen LogP contribution in [0.4, 0.5) is 8.78 Å².